The predicted octanol–water partition coefficient (Wildman–Crippen LogP) is 11.4. The van der Waals surface area contributed by atoms with Gasteiger partial charge in [-0.3, -0.25) is 0 Å². The largest absolute Gasteiger partial charge is 0.416 e. The van der Waals surface area contributed by atoms with E-state index in [0.717, 1.165) is 11.3 Å². The molecule has 53 heavy (non-hydrogen) atoms. The lowest BCUT2D eigenvalue weighted by Crippen LogP contribution is -2.11. The van der Waals surface area contributed by atoms with E-state index < -0.39 is 58.1 Å². The van der Waals surface area contributed by atoms with Crippen molar-refractivity contribution in [2.75, 3.05) is 0 Å². The second-order valence-electron chi connectivity index (χ2n) is 11.7. The standard InChI is InChI=1S/C36H12F12N4S/c37-33(38,39)19-5-17(6-20(11-19)34(40,41)42)15-1-3-23-25(9-15)29(51-13-49)31-27(23)28-24-4-2-16(10-26(24)30(52-14-50)32(28)53-31)18-7-21(35(43,44)45)12-22(8-18)36(46,47)48/h1-12H/b51-29-,52-30+. The first-order chi connectivity index (χ1) is 24.7. The van der Waals surface area contributed by atoms with Crippen molar-refractivity contribution in [2.24, 2.45) is 9.98 Å². The van der Waals surface area contributed by atoms with Crippen LogP contribution in [0.1, 0.15) is 22.3 Å². The van der Waals surface area contributed by atoms with Crippen molar-refractivity contribution >= 4 is 53.1 Å². The van der Waals surface area contributed by atoms with Crippen molar-refractivity contribution in [2.45, 2.75) is 24.7 Å². The molecular formula is C36H12F12N4S. The van der Waals surface area contributed by atoms with Crippen molar-refractivity contribution in [1.82, 2.24) is 0 Å². The van der Waals surface area contributed by atoms with Crippen LogP contribution < -0.4 is 10.7 Å². The Balaban J connectivity index is 1.50. The zero-order valence-corrected chi connectivity index (χ0v) is 26.5. The van der Waals surface area contributed by atoms with Gasteiger partial charge >= 0.3 is 24.7 Å². The van der Waals surface area contributed by atoms with Crippen LogP contribution in [0.5, 0.6) is 0 Å². The second kappa shape index (κ2) is 11.8. The van der Waals surface area contributed by atoms with Crippen LogP contribution in [-0.2, 0) is 24.7 Å². The SMILES string of the molecule is N#C/N=c1/c2cc(-c3cc(C(F)(F)F)cc(C(F)(F)F)c3)ccc2c2c1sc1/c(=N/C#N)c3cc(-c4cc(C(F)(F)F)cc(C(F)(F)F)c4)ccc3c12. The smallest absolute Gasteiger partial charge is 0.172 e. The summed E-state index contributed by atoms with van der Waals surface area (Å²) in [6, 6.07) is 10.2. The fourth-order valence-electron chi connectivity index (χ4n) is 6.36. The fraction of sp³-hybridized carbons (Fsp3) is 0.111. The van der Waals surface area contributed by atoms with E-state index in [1.54, 1.807) is 12.4 Å². The van der Waals surface area contributed by atoms with E-state index in [0.29, 0.717) is 55.2 Å². The minimum atomic E-state index is -5.11. The minimum Gasteiger partial charge on any atom is -0.172 e. The molecule has 1 heterocycles. The Morgan fingerprint density at radius 3 is 1.02 bits per heavy atom. The fourth-order valence-corrected chi connectivity index (χ4v) is 7.70. The average molecular weight is 761 g/mol. The van der Waals surface area contributed by atoms with Gasteiger partial charge in [0.25, 0.3) is 0 Å². The van der Waals surface area contributed by atoms with Crippen LogP contribution in [0.15, 0.2) is 82.8 Å². The van der Waals surface area contributed by atoms with Gasteiger partial charge in [-0.2, -0.15) is 73.2 Å². The molecular weight excluding hydrogens is 748 g/mol. The van der Waals surface area contributed by atoms with E-state index in [1.807, 2.05) is 0 Å². The van der Waals surface area contributed by atoms with Gasteiger partial charge in [-0.1, -0.05) is 24.3 Å². The highest BCUT2D eigenvalue weighted by molar-refractivity contribution is 7.26. The van der Waals surface area contributed by atoms with Crippen LogP contribution in [0.4, 0.5) is 52.7 Å². The Labute approximate surface area is 291 Å². The molecule has 1 aromatic heterocycles. The zero-order chi connectivity index (χ0) is 38.4. The van der Waals surface area contributed by atoms with E-state index in [2.05, 4.69) is 9.98 Å². The van der Waals surface area contributed by atoms with Gasteiger partial charge in [-0.05, 0) is 81.6 Å². The van der Waals surface area contributed by atoms with Crippen LogP contribution in [-0.4, -0.2) is 0 Å². The van der Waals surface area contributed by atoms with E-state index in [1.165, 1.54) is 36.4 Å². The molecule has 0 fully saturated rings. The molecule has 0 radical (unpaired) electrons. The van der Waals surface area contributed by atoms with Gasteiger partial charge in [0, 0.05) is 21.5 Å². The molecule has 0 spiro atoms. The molecule has 266 valence electrons. The molecule has 6 aromatic carbocycles. The maximum atomic E-state index is 13.6. The molecule has 0 aliphatic carbocycles. The van der Waals surface area contributed by atoms with Crippen molar-refractivity contribution in [3.05, 3.63) is 106 Å². The summed E-state index contributed by atoms with van der Waals surface area (Å²) in [5.74, 6) is 0. The lowest BCUT2D eigenvalue weighted by molar-refractivity contribution is -0.144. The summed E-state index contributed by atoms with van der Waals surface area (Å²) in [5.41, 5.74) is -7.11. The van der Waals surface area contributed by atoms with Gasteiger partial charge in [0.2, 0.25) is 12.4 Å². The molecule has 0 saturated heterocycles. The summed E-state index contributed by atoms with van der Waals surface area (Å²) in [6.45, 7) is 0. The molecule has 0 bridgehead atoms. The quantitative estimate of drug-likeness (QED) is 0.130. The lowest BCUT2D eigenvalue weighted by atomic mass is 9.97. The third kappa shape index (κ3) is 6.00. The molecule has 0 saturated carbocycles. The first kappa shape index (κ1) is 35.5. The number of alkyl halides is 12. The van der Waals surface area contributed by atoms with Crippen LogP contribution in [0.2, 0.25) is 0 Å². The van der Waals surface area contributed by atoms with Gasteiger partial charge in [-0.15, -0.1) is 11.3 Å². The van der Waals surface area contributed by atoms with E-state index in [4.69, 9.17) is 0 Å². The minimum absolute atomic E-state index is 0.00816. The maximum absolute atomic E-state index is 13.6. The molecule has 0 atom stereocenters. The van der Waals surface area contributed by atoms with Crippen molar-refractivity contribution in [3.63, 3.8) is 0 Å². The second-order valence-corrected chi connectivity index (χ2v) is 12.8. The van der Waals surface area contributed by atoms with Gasteiger partial charge in [0.15, 0.2) is 0 Å². The van der Waals surface area contributed by atoms with Gasteiger partial charge < -0.3 is 0 Å². The van der Waals surface area contributed by atoms with Crippen LogP contribution in [0, 0.1) is 22.9 Å². The Hall–Kier alpha value is -5.94. The summed E-state index contributed by atoms with van der Waals surface area (Å²) < 4.78 is 164. The molecule has 0 amide bonds. The molecule has 0 aliphatic rings. The first-order valence-electron chi connectivity index (χ1n) is 14.7. The highest BCUT2D eigenvalue weighted by Crippen LogP contribution is 2.45. The number of benzene rings is 4. The third-order valence-electron chi connectivity index (χ3n) is 8.59. The first-order valence-corrected chi connectivity index (χ1v) is 15.5. The normalized spacial score (nSPS) is 13.8. The van der Waals surface area contributed by atoms with Crippen molar-refractivity contribution < 1.29 is 52.7 Å². The Bertz CT molecular complexity index is 2610. The van der Waals surface area contributed by atoms with Crippen LogP contribution >= 0.6 is 11.3 Å². The zero-order valence-electron chi connectivity index (χ0n) is 25.7. The summed E-state index contributed by atoms with van der Waals surface area (Å²) in [6.07, 6.45) is -17.2. The highest BCUT2D eigenvalue weighted by Gasteiger charge is 2.38. The summed E-state index contributed by atoms with van der Waals surface area (Å²) in [5, 5.41) is 21.1. The summed E-state index contributed by atoms with van der Waals surface area (Å²) in [4.78, 5) is 7.78. The average Bonchev–Trinajstić information content (AvgIpc) is 3.69. The van der Waals surface area contributed by atoms with Crippen molar-refractivity contribution in [3.8, 4) is 34.6 Å². The number of nitrogens with zero attached hydrogens (tertiary/aromatic N) is 4. The molecule has 17 heteroatoms. The molecule has 0 aliphatic heterocycles. The molecule has 7 rings (SSSR count). The summed E-state index contributed by atoms with van der Waals surface area (Å²) >= 11 is 0.988. The number of rotatable bonds is 2. The van der Waals surface area contributed by atoms with E-state index in [-0.39, 0.29) is 44.7 Å². The monoisotopic (exact) mass is 760 g/mol. The Morgan fingerprint density at radius 2 is 0.736 bits per heavy atom. The third-order valence-corrected chi connectivity index (χ3v) is 9.80. The maximum Gasteiger partial charge on any atom is 0.416 e. The topological polar surface area (TPSA) is 72.3 Å². The van der Waals surface area contributed by atoms with Gasteiger partial charge in [-0.25, -0.2) is 0 Å². The number of thiophene rings is 1. The Morgan fingerprint density at radius 1 is 0.415 bits per heavy atom. The lowest BCUT2D eigenvalue weighted by Gasteiger charge is -2.14. The number of nitriles is 2. The van der Waals surface area contributed by atoms with Crippen molar-refractivity contribution in [1.29, 1.82) is 10.5 Å². The highest BCUT2D eigenvalue weighted by atomic mass is 32.1. The van der Waals surface area contributed by atoms with Gasteiger partial charge in [0.05, 0.1) is 31.7 Å². The Kier molecular flexibility index (Phi) is 7.89. The number of hydrogen-bond donors (Lipinski definition) is 0. The molecule has 0 N–H and O–H groups in total. The molecule has 0 unspecified atom stereocenters. The summed E-state index contributed by atoms with van der Waals surface area (Å²) in [7, 11) is 0. The van der Waals surface area contributed by atoms with E-state index >= 15 is 0 Å². The molecule has 4 nitrogen and oxygen atoms in total. The van der Waals surface area contributed by atoms with E-state index in [9.17, 15) is 63.2 Å². The number of hydrogen-bond acceptors (Lipinski definition) is 5. The molecule has 7 aromatic rings. The van der Waals surface area contributed by atoms with Gasteiger partial charge in [0.1, 0.15) is 10.7 Å². The predicted molar refractivity (Wildman–Crippen MR) is 170 cm³/mol. The van der Waals surface area contributed by atoms with Crippen LogP contribution in [0.25, 0.3) is 64.0 Å². The number of fused-ring (bicyclic) bond motifs is 7. The van der Waals surface area contributed by atoms with Crippen LogP contribution in [0.3, 0.4) is 0 Å². The number of halogens is 12.